The quantitative estimate of drug-likeness (QED) is 0.0989. The highest BCUT2D eigenvalue weighted by Gasteiger charge is 2.37. The Balaban J connectivity index is 0.000000195. The van der Waals surface area contributed by atoms with Gasteiger partial charge in [-0.05, 0) is 133 Å². The molecule has 1 atom stereocenters. The summed E-state index contributed by atoms with van der Waals surface area (Å²) in [4.78, 5) is 87.6. The maximum atomic E-state index is 14.2. The standard InChI is InChI=1S/C35H45N5O7S.C35H43N5O7S/c2*1-37(2)48(44,45)36-34(42)24-10-12-29-30(20-24)40-21-26(35(43)38(3)22-31(41)39-14-16-47-17-15-39)18-25-19-27(46-4)11-13-28(25)33(40)32(29)23-8-6-5-7-9-23/h10-13,19-20,23,26H,5-9,14-18,21-22H2,1-4H3,(H,36,42);10-13,18-20,23H,5-9,14-17,21-22H2,1-4H3,(H,36,42). The van der Waals surface area contributed by atoms with Gasteiger partial charge in [0.1, 0.15) is 11.5 Å². The summed E-state index contributed by atoms with van der Waals surface area (Å²) in [5.41, 5.74) is 10.5. The normalized spacial score (nSPS) is 17.8. The fraction of sp³-hybridized carbons (Fsp3) is 0.486. The van der Waals surface area contributed by atoms with Gasteiger partial charge in [-0.15, -0.1) is 0 Å². The number of fused-ring (bicyclic) bond motifs is 10. The van der Waals surface area contributed by atoms with E-state index in [-0.39, 0.29) is 60.3 Å². The van der Waals surface area contributed by atoms with E-state index in [1.807, 2.05) is 48.5 Å². The van der Waals surface area contributed by atoms with Crippen LogP contribution in [0.15, 0.2) is 78.4 Å². The zero-order valence-corrected chi connectivity index (χ0v) is 57.7. The second-order valence-electron chi connectivity index (χ2n) is 26.2. The van der Waals surface area contributed by atoms with Crippen LogP contribution in [0.5, 0.6) is 11.5 Å². The lowest BCUT2D eigenvalue weighted by atomic mass is 9.81. The molecule has 0 spiro atoms. The number of carbonyl (C=O) groups excluding carboxylic acids is 6. The van der Waals surface area contributed by atoms with Gasteiger partial charge in [-0.3, -0.25) is 28.8 Å². The van der Waals surface area contributed by atoms with Crippen LogP contribution in [0.4, 0.5) is 0 Å². The second kappa shape index (κ2) is 29.3. The molecule has 2 aliphatic carbocycles. The van der Waals surface area contributed by atoms with Crippen LogP contribution in [-0.4, -0.2) is 212 Å². The van der Waals surface area contributed by atoms with Crippen LogP contribution < -0.4 is 18.9 Å². The van der Waals surface area contributed by atoms with Gasteiger partial charge in [-0.1, -0.05) is 50.7 Å². The van der Waals surface area contributed by atoms with Gasteiger partial charge in [0.2, 0.25) is 17.7 Å². The first-order valence-corrected chi connectivity index (χ1v) is 35.9. The fourth-order valence-corrected chi connectivity index (χ4v) is 15.5. The molecular weight excluding hydrogens is 1270 g/mol. The Kier molecular flexibility index (Phi) is 21.1. The van der Waals surface area contributed by atoms with E-state index in [1.165, 1.54) is 62.0 Å². The smallest absolute Gasteiger partial charge is 0.303 e. The second-order valence-corrected chi connectivity index (χ2v) is 30.0. The maximum Gasteiger partial charge on any atom is 0.303 e. The molecule has 514 valence electrons. The number of nitrogens with one attached hydrogen (secondary N) is 2. The molecule has 0 radical (unpaired) electrons. The van der Waals surface area contributed by atoms with Crippen LogP contribution in [0.1, 0.15) is 119 Å². The Morgan fingerprint density at radius 2 is 1.01 bits per heavy atom. The Labute approximate surface area is 561 Å². The summed E-state index contributed by atoms with van der Waals surface area (Å²) in [5, 5.41) is 1.96. The van der Waals surface area contributed by atoms with E-state index in [0.29, 0.717) is 88.6 Å². The third-order valence-corrected chi connectivity index (χ3v) is 22.4. The zero-order valence-electron chi connectivity index (χ0n) is 56.1. The van der Waals surface area contributed by atoms with E-state index in [9.17, 15) is 45.6 Å². The number of hydrogen-bond acceptors (Lipinski definition) is 14. The Bertz CT molecular complexity index is 4230. The van der Waals surface area contributed by atoms with Crippen molar-refractivity contribution in [3.63, 3.8) is 0 Å². The van der Waals surface area contributed by atoms with Crippen molar-refractivity contribution in [3.05, 3.63) is 112 Å². The molecule has 12 rings (SSSR count). The molecule has 6 aromatic rings. The molecule has 26 heteroatoms. The highest BCUT2D eigenvalue weighted by molar-refractivity contribution is 7.88. The number of carbonyl (C=O) groups is 6. The average Bonchev–Trinajstić information content (AvgIpc) is 1.58. The maximum absolute atomic E-state index is 14.2. The highest BCUT2D eigenvalue weighted by atomic mass is 32.2. The summed E-state index contributed by atoms with van der Waals surface area (Å²) in [6, 6.07) is 22.5. The molecule has 0 bridgehead atoms. The van der Waals surface area contributed by atoms with Crippen molar-refractivity contribution in [2.75, 3.05) is 122 Å². The number of ether oxygens (including phenoxy) is 4. The van der Waals surface area contributed by atoms with Crippen LogP contribution in [-0.2, 0) is 68.6 Å². The topological polar surface area (TPSA) is 261 Å². The molecule has 4 aromatic carbocycles. The Morgan fingerprint density at radius 1 is 0.552 bits per heavy atom. The summed E-state index contributed by atoms with van der Waals surface area (Å²) < 4.78 is 82.4. The lowest BCUT2D eigenvalue weighted by Gasteiger charge is -2.30. The summed E-state index contributed by atoms with van der Waals surface area (Å²) >= 11 is 0. The SMILES string of the molecule is COc1ccc2c(c1)C=C(C(=O)N(C)CC(=O)N1CCOCC1)Cn1c-2c(C2CCCCC2)c2ccc(C(=O)NS(=O)(=O)N(C)C)cc21.COc1ccc2c(c1)CC(C(=O)N(C)CC(=O)N1CCOCC1)Cn1c-2c(C2CCCCC2)c2ccc(C(=O)NS(=O)(=O)N(C)C)cc21. The molecule has 1 unspecified atom stereocenters. The first kappa shape index (κ1) is 69.2. The average molecular weight is 1360 g/mol. The molecule has 96 heavy (non-hydrogen) atoms. The van der Waals surface area contributed by atoms with Gasteiger partial charge in [-0.25, -0.2) is 9.44 Å². The number of morpholine rings is 2. The molecule has 2 N–H and O–H groups in total. The summed E-state index contributed by atoms with van der Waals surface area (Å²) in [7, 11) is 3.95. The molecule has 6 amide bonds. The van der Waals surface area contributed by atoms with Crippen molar-refractivity contribution >= 4 is 83.7 Å². The third kappa shape index (κ3) is 14.6. The predicted molar refractivity (Wildman–Crippen MR) is 365 cm³/mol. The summed E-state index contributed by atoms with van der Waals surface area (Å²) in [6.45, 7) is 4.32. The van der Waals surface area contributed by atoms with Crippen LogP contribution in [0.2, 0.25) is 0 Å². The van der Waals surface area contributed by atoms with Gasteiger partial charge in [0.25, 0.3) is 17.7 Å². The number of benzene rings is 4. The number of hydrogen-bond donors (Lipinski definition) is 2. The predicted octanol–water partition coefficient (Wildman–Crippen LogP) is 7.01. The van der Waals surface area contributed by atoms with Gasteiger partial charge < -0.3 is 47.7 Å². The fourth-order valence-electron chi connectivity index (χ4n) is 14.4. The number of aromatic nitrogens is 2. The minimum atomic E-state index is -4.01. The number of methoxy groups -OCH3 is 2. The van der Waals surface area contributed by atoms with Crippen LogP contribution in [0.25, 0.3) is 50.4 Å². The number of amides is 6. The summed E-state index contributed by atoms with van der Waals surface area (Å²) in [5.74, 6) is -0.759. The molecule has 6 aliphatic rings. The lowest BCUT2D eigenvalue weighted by Crippen LogP contribution is -2.47. The van der Waals surface area contributed by atoms with Crippen molar-refractivity contribution in [2.45, 2.75) is 95.6 Å². The van der Waals surface area contributed by atoms with Crippen molar-refractivity contribution in [3.8, 4) is 34.0 Å². The molecule has 4 fully saturated rings. The van der Waals surface area contributed by atoms with Gasteiger partial charge in [0.15, 0.2) is 0 Å². The van der Waals surface area contributed by atoms with E-state index in [2.05, 4.69) is 24.6 Å². The molecule has 2 aromatic heterocycles. The molecule has 4 aliphatic heterocycles. The van der Waals surface area contributed by atoms with Crippen LogP contribution in [0, 0.1) is 5.92 Å². The van der Waals surface area contributed by atoms with Crippen molar-refractivity contribution in [1.29, 1.82) is 0 Å². The Morgan fingerprint density at radius 3 is 1.50 bits per heavy atom. The van der Waals surface area contributed by atoms with E-state index < -0.39 is 38.2 Å². The molecule has 6 heterocycles. The molecule has 2 saturated heterocycles. The zero-order chi connectivity index (χ0) is 68.3. The number of nitrogens with zero attached hydrogens (tertiary/aromatic N) is 8. The largest absolute Gasteiger partial charge is 0.497 e. The summed E-state index contributed by atoms with van der Waals surface area (Å²) in [6.07, 6.45) is 13.3. The van der Waals surface area contributed by atoms with Crippen LogP contribution >= 0.6 is 0 Å². The van der Waals surface area contributed by atoms with E-state index >= 15 is 0 Å². The van der Waals surface area contributed by atoms with E-state index in [1.54, 1.807) is 62.4 Å². The van der Waals surface area contributed by atoms with E-state index in [4.69, 9.17) is 18.9 Å². The monoisotopic (exact) mass is 1360 g/mol. The first-order chi connectivity index (χ1) is 46.0. The van der Waals surface area contributed by atoms with Gasteiger partial charge >= 0.3 is 20.4 Å². The first-order valence-electron chi connectivity index (χ1n) is 33.1. The van der Waals surface area contributed by atoms with Crippen LogP contribution in [0.3, 0.4) is 0 Å². The Hall–Kier alpha value is -8.14. The van der Waals surface area contributed by atoms with Crippen molar-refractivity contribution in [1.82, 2.24) is 46.8 Å². The van der Waals surface area contributed by atoms with Crippen molar-refractivity contribution < 1.29 is 64.6 Å². The molecular formula is C70H88N10O14S2. The lowest BCUT2D eigenvalue weighted by molar-refractivity contribution is -0.143. The number of likely N-dealkylation sites (N-methyl/N-ethyl adjacent to an activating group) is 2. The third-order valence-electron chi connectivity index (χ3n) is 19.6. The molecule has 2 saturated carbocycles. The minimum absolute atomic E-state index is 0.0302. The minimum Gasteiger partial charge on any atom is -0.497 e. The van der Waals surface area contributed by atoms with Crippen molar-refractivity contribution in [2.24, 2.45) is 5.92 Å². The van der Waals surface area contributed by atoms with Gasteiger partial charge in [0.05, 0.1) is 77.6 Å². The van der Waals surface area contributed by atoms with Gasteiger partial charge in [-0.2, -0.15) is 25.4 Å². The van der Waals surface area contributed by atoms with E-state index in [0.717, 1.165) is 115 Å². The molecule has 24 nitrogen and oxygen atoms in total. The number of rotatable bonds is 16. The highest BCUT2D eigenvalue weighted by Crippen LogP contribution is 2.49. The van der Waals surface area contributed by atoms with Gasteiger partial charge in [0, 0.05) is 125 Å².